The predicted octanol–water partition coefficient (Wildman–Crippen LogP) is 1.84. The van der Waals surface area contributed by atoms with Crippen LogP contribution in [-0.4, -0.2) is 23.7 Å². The summed E-state index contributed by atoms with van der Waals surface area (Å²) in [5, 5.41) is 12.5. The van der Waals surface area contributed by atoms with E-state index in [-0.39, 0.29) is 5.91 Å². The van der Waals surface area contributed by atoms with Crippen LogP contribution in [0.25, 0.3) is 0 Å². The van der Waals surface area contributed by atoms with Gasteiger partial charge < -0.3 is 16.2 Å². The van der Waals surface area contributed by atoms with Crippen LogP contribution in [0.4, 0.5) is 5.69 Å². The Morgan fingerprint density at radius 3 is 2.89 bits per heavy atom. The second kappa shape index (κ2) is 5.28. The number of nitrogens with one attached hydrogen (secondary N) is 1. The summed E-state index contributed by atoms with van der Waals surface area (Å²) in [5.41, 5.74) is 7.70. The monoisotopic (exact) mass is 312 g/mol. The lowest BCUT2D eigenvalue weighted by molar-refractivity contribution is 0.0900. The average Bonchev–Trinajstić information content (AvgIpc) is 3.14. The molecular formula is C13H17BrN2O2. The van der Waals surface area contributed by atoms with E-state index in [9.17, 15) is 9.90 Å². The third kappa shape index (κ3) is 3.03. The molecule has 0 heterocycles. The van der Waals surface area contributed by atoms with E-state index in [4.69, 9.17) is 5.73 Å². The number of aliphatic hydroxyl groups is 1. The molecule has 0 radical (unpaired) electrons. The van der Waals surface area contributed by atoms with Crippen molar-refractivity contribution in [3.8, 4) is 0 Å². The van der Waals surface area contributed by atoms with E-state index < -0.39 is 6.10 Å². The first-order chi connectivity index (χ1) is 8.49. The van der Waals surface area contributed by atoms with Gasteiger partial charge in [-0.25, -0.2) is 0 Å². The fourth-order valence-corrected chi connectivity index (χ4v) is 2.35. The Morgan fingerprint density at radius 1 is 1.61 bits per heavy atom. The molecule has 1 aromatic carbocycles. The van der Waals surface area contributed by atoms with Crippen LogP contribution in [-0.2, 0) is 0 Å². The number of hydrogen-bond donors (Lipinski definition) is 3. The molecule has 2 rings (SSSR count). The number of aliphatic hydroxyl groups excluding tert-OH is 1. The van der Waals surface area contributed by atoms with Gasteiger partial charge in [-0.2, -0.15) is 0 Å². The SMILES string of the molecule is Cc1c(N)cc(Br)cc1C(=O)NCC(O)C1CC1. The van der Waals surface area contributed by atoms with Crippen molar-refractivity contribution in [1.29, 1.82) is 0 Å². The molecule has 5 heteroatoms. The van der Waals surface area contributed by atoms with Crippen molar-refractivity contribution in [3.05, 3.63) is 27.7 Å². The molecular weight excluding hydrogens is 296 g/mol. The van der Waals surface area contributed by atoms with E-state index in [0.717, 1.165) is 22.9 Å². The van der Waals surface area contributed by atoms with Gasteiger partial charge in [0.25, 0.3) is 5.91 Å². The number of carbonyl (C=O) groups is 1. The van der Waals surface area contributed by atoms with E-state index in [2.05, 4.69) is 21.2 Å². The highest BCUT2D eigenvalue weighted by Gasteiger charge is 2.29. The van der Waals surface area contributed by atoms with Crippen LogP contribution >= 0.6 is 15.9 Å². The third-order valence-corrected chi connectivity index (χ3v) is 3.75. The van der Waals surface area contributed by atoms with Crippen molar-refractivity contribution >= 4 is 27.5 Å². The Labute approximate surface area is 115 Å². The molecule has 1 aromatic rings. The molecule has 1 amide bonds. The molecule has 4 N–H and O–H groups in total. The molecule has 18 heavy (non-hydrogen) atoms. The third-order valence-electron chi connectivity index (χ3n) is 3.30. The summed E-state index contributed by atoms with van der Waals surface area (Å²) in [6, 6.07) is 3.51. The zero-order valence-electron chi connectivity index (χ0n) is 10.2. The maximum absolute atomic E-state index is 12.0. The minimum atomic E-state index is -0.432. The summed E-state index contributed by atoms with van der Waals surface area (Å²) in [7, 11) is 0. The van der Waals surface area contributed by atoms with Crippen molar-refractivity contribution in [2.45, 2.75) is 25.9 Å². The van der Waals surface area contributed by atoms with Gasteiger partial charge in [-0.05, 0) is 43.4 Å². The zero-order valence-corrected chi connectivity index (χ0v) is 11.8. The van der Waals surface area contributed by atoms with Gasteiger partial charge in [0, 0.05) is 22.3 Å². The molecule has 1 aliphatic carbocycles. The molecule has 0 aliphatic heterocycles. The minimum absolute atomic E-state index is 0.194. The number of rotatable bonds is 4. The fraction of sp³-hybridized carbons (Fsp3) is 0.462. The molecule has 1 unspecified atom stereocenters. The van der Waals surface area contributed by atoms with E-state index in [1.54, 1.807) is 12.1 Å². The first kappa shape index (κ1) is 13.4. The Morgan fingerprint density at radius 2 is 2.28 bits per heavy atom. The van der Waals surface area contributed by atoms with Gasteiger partial charge in [-0.1, -0.05) is 15.9 Å². The van der Waals surface area contributed by atoms with Crippen LogP contribution in [0.1, 0.15) is 28.8 Å². The lowest BCUT2D eigenvalue weighted by Crippen LogP contribution is -2.33. The summed E-state index contributed by atoms with van der Waals surface area (Å²) in [4.78, 5) is 12.0. The Kier molecular flexibility index (Phi) is 3.92. The normalized spacial score (nSPS) is 16.4. The fourth-order valence-electron chi connectivity index (χ4n) is 1.88. The average molecular weight is 313 g/mol. The van der Waals surface area contributed by atoms with E-state index in [1.165, 1.54) is 0 Å². The number of nitrogens with two attached hydrogens (primary N) is 1. The Balaban J connectivity index is 2.03. The summed E-state index contributed by atoms with van der Waals surface area (Å²) < 4.78 is 0.776. The largest absolute Gasteiger partial charge is 0.398 e. The number of benzene rings is 1. The lowest BCUT2D eigenvalue weighted by Gasteiger charge is -2.13. The molecule has 0 spiro atoms. The molecule has 98 valence electrons. The second-order valence-corrected chi connectivity index (χ2v) is 5.70. The molecule has 4 nitrogen and oxygen atoms in total. The predicted molar refractivity (Wildman–Crippen MR) is 74.4 cm³/mol. The molecule has 0 bridgehead atoms. The van der Waals surface area contributed by atoms with Gasteiger partial charge >= 0.3 is 0 Å². The topological polar surface area (TPSA) is 75.4 Å². The molecule has 1 aliphatic rings. The Hall–Kier alpha value is -1.07. The highest BCUT2D eigenvalue weighted by molar-refractivity contribution is 9.10. The number of hydrogen-bond acceptors (Lipinski definition) is 3. The summed E-state index contributed by atoms with van der Waals surface area (Å²) in [5.74, 6) is 0.166. The van der Waals surface area contributed by atoms with Crippen molar-refractivity contribution in [1.82, 2.24) is 5.32 Å². The number of halogens is 1. The number of nitrogen functional groups attached to an aromatic ring is 1. The van der Waals surface area contributed by atoms with Gasteiger partial charge in [0.15, 0.2) is 0 Å². The molecule has 1 fully saturated rings. The van der Waals surface area contributed by atoms with E-state index >= 15 is 0 Å². The number of amides is 1. The van der Waals surface area contributed by atoms with Crippen molar-refractivity contribution in [2.24, 2.45) is 5.92 Å². The molecule has 0 aromatic heterocycles. The molecule has 0 saturated heterocycles. The van der Waals surface area contributed by atoms with Crippen LogP contribution in [0.2, 0.25) is 0 Å². The smallest absolute Gasteiger partial charge is 0.251 e. The van der Waals surface area contributed by atoms with Gasteiger partial charge in [0.05, 0.1) is 6.10 Å². The molecule has 1 atom stereocenters. The van der Waals surface area contributed by atoms with Gasteiger partial charge in [0.2, 0.25) is 0 Å². The maximum Gasteiger partial charge on any atom is 0.251 e. The first-order valence-electron chi connectivity index (χ1n) is 6.01. The van der Waals surface area contributed by atoms with Gasteiger partial charge in [-0.3, -0.25) is 4.79 Å². The van der Waals surface area contributed by atoms with Crippen LogP contribution in [0.3, 0.4) is 0 Å². The quantitative estimate of drug-likeness (QED) is 0.743. The summed E-state index contributed by atoms with van der Waals surface area (Å²) in [6.45, 7) is 2.11. The highest BCUT2D eigenvalue weighted by Crippen LogP contribution is 2.32. The lowest BCUT2D eigenvalue weighted by atomic mass is 10.1. The maximum atomic E-state index is 12.0. The second-order valence-electron chi connectivity index (χ2n) is 4.78. The number of anilines is 1. The zero-order chi connectivity index (χ0) is 13.3. The van der Waals surface area contributed by atoms with Crippen molar-refractivity contribution < 1.29 is 9.90 Å². The Bertz CT molecular complexity index is 472. The van der Waals surface area contributed by atoms with Crippen LogP contribution in [0.5, 0.6) is 0 Å². The highest BCUT2D eigenvalue weighted by atomic mass is 79.9. The van der Waals surface area contributed by atoms with Gasteiger partial charge in [0.1, 0.15) is 0 Å². The van der Waals surface area contributed by atoms with Crippen molar-refractivity contribution in [2.75, 3.05) is 12.3 Å². The summed E-state index contributed by atoms with van der Waals surface area (Å²) in [6.07, 6.45) is 1.68. The van der Waals surface area contributed by atoms with E-state index in [0.29, 0.717) is 23.7 Å². The number of carbonyl (C=O) groups excluding carboxylic acids is 1. The van der Waals surface area contributed by atoms with Crippen LogP contribution in [0.15, 0.2) is 16.6 Å². The van der Waals surface area contributed by atoms with Crippen LogP contribution < -0.4 is 11.1 Å². The van der Waals surface area contributed by atoms with E-state index in [1.807, 2.05) is 6.92 Å². The summed E-state index contributed by atoms with van der Waals surface area (Å²) >= 11 is 3.32. The minimum Gasteiger partial charge on any atom is -0.398 e. The van der Waals surface area contributed by atoms with Gasteiger partial charge in [-0.15, -0.1) is 0 Å². The standard InChI is InChI=1S/C13H17BrN2O2/c1-7-10(4-9(14)5-11(7)15)13(18)16-6-12(17)8-2-3-8/h4-5,8,12,17H,2-3,6,15H2,1H3,(H,16,18). The van der Waals surface area contributed by atoms with Crippen LogP contribution in [0, 0.1) is 12.8 Å². The van der Waals surface area contributed by atoms with Crippen molar-refractivity contribution in [3.63, 3.8) is 0 Å². The molecule has 1 saturated carbocycles. The first-order valence-corrected chi connectivity index (χ1v) is 6.80.